The van der Waals surface area contributed by atoms with Crippen molar-refractivity contribution in [2.75, 3.05) is 6.61 Å². The van der Waals surface area contributed by atoms with Crippen molar-refractivity contribution in [1.82, 2.24) is 4.57 Å². The molecule has 0 saturated carbocycles. The molecule has 0 fully saturated rings. The number of fused-ring (bicyclic) bond motifs is 2. The number of allylic oxidation sites excluding steroid dienone is 1. The lowest BCUT2D eigenvalue weighted by atomic mass is 9.91. The molecule has 1 aromatic heterocycles. The fourth-order valence-corrected chi connectivity index (χ4v) is 5.34. The summed E-state index contributed by atoms with van der Waals surface area (Å²) in [6.45, 7) is 3.76. The molecule has 0 amide bonds. The highest BCUT2D eigenvalue weighted by Gasteiger charge is 2.34. The Balaban J connectivity index is 1.80. The van der Waals surface area contributed by atoms with Gasteiger partial charge in [-0.15, -0.1) is 0 Å². The molecule has 1 N–H and O–H groups in total. The Morgan fingerprint density at radius 3 is 2.62 bits per heavy atom. The van der Waals surface area contributed by atoms with Crippen LogP contribution in [0.25, 0.3) is 16.8 Å². The Hall–Kier alpha value is -3.97. The van der Waals surface area contributed by atoms with E-state index in [0.29, 0.717) is 20.6 Å². The predicted molar refractivity (Wildman–Crippen MR) is 132 cm³/mol. The minimum Gasteiger partial charge on any atom is -0.508 e. The van der Waals surface area contributed by atoms with E-state index >= 15 is 0 Å². The summed E-state index contributed by atoms with van der Waals surface area (Å²) in [4.78, 5) is 31.9. The summed E-state index contributed by atoms with van der Waals surface area (Å²) in [7, 11) is 0. The van der Waals surface area contributed by atoms with E-state index in [9.17, 15) is 14.7 Å². The topological polar surface area (TPSA) is 80.9 Å². The Bertz CT molecular complexity index is 1620. The number of ether oxygens (including phenoxy) is 1. The number of hydrogen-bond acceptors (Lipinski definition) is 6. The Morgan fingerprint density at radius 2 is 1.85 bits per heavy atom. The van der Waals surface area contributed by atoms with Crippen LogP contribution in [0.15, 0.2) is 87.8 Å². The molecule has 7 heteroatoms. The van der Waals surface area contributed by atoms with E-state index in [1.54, 1.807) is 48.8 Å². The maximum Gasteiger partial charge on any atom is 0.338 e. The first-order chi connectivity index (χ1) is 16.5. The van der Waals surface area contributed by atoms with Crippen molar-refractivity contribution in [2.24, 2.45) is 4.99 Å². The van der Waals surface area contributed by atoms with Gasteiger partial charge in [0, 0.05) is 0 Å². The maximum atomic E-state index is 13.7. The molecule has 2 heterocycles. The van der Waals surface area contributed by atoms with Crippen LogP contribution in [-0.4, -0.2) is 22.2 Å². The number of aromatic hydroxyl groups is 1. The van der Waals surface area contributed by atoms with E-state index < -0.39 is 12.0 Å². The summed E-state index contributed by atoms with van der Waals surface area (Å²) in [5.41, 5.74) is 2.29. The Kier molecular flexibility index (Phi) is 5.63. The second-order valence-corrected chi connectivity index (χ2v) is 8.97. The van der Waals surface area contributed by atoms with Crippen molar-refractivity contribution in [3.05, 3.63) is 109 Å². The van der Waals surface area contributed by atoms with Gasteiger partial charge in [-0.2, -0.15) is 0 Å². The van der Waals surface area contributed by atoms with Crippen molar-refractivity contribution in [3.8, 4) is 5.75 Å². The molecule has 0 saturated heterocycles. The molecule has 5 rings (SSSR count). The molecule has 1 aliphatic rings. The van der Waals surface area contributed by atoms with Crippen LogP contribution in [0.5, 0.6) is 5.75 Å². The van der Waals surface area contributed by atoms with E-state index in [1.165, 1.54) is 11.3 Å². The van der Waals surface area contributed by atoms with Gasteiger partial charge in [0.1, 0.15) is 5.75 Å². The lowest BCUT2D eigenvalue weighted by Crippen LogP contribution is -2.40. The smallest absolute Gasteiger partial charge is 0.338 e. The van der Waals surface area contributed by atoms with Crippen molar-refractivity contribution in [2.45, 2.75) is 19.9 Å². The number of hydrogen-bond donors (Lipinski definition) is 1. The molecule has 0 unspecified atom stereocenters. The second-order valence-electron chi connectivity index (χ2n) is 7.96. The third-order valence-corrected chi connectivity index (χ3v) is 6.81. The van der Waals surface area contributed by atoms with Crippen LogP contribution in [0.3, 0.4) is 0 Å². The third-order valence-electron chi connectivity index (χ3n) is 5.83. The Morgan fingerprint density at radius 1 is 1.12 bits per heavy atom. The molecular formula is C27H22N2O4S. The van der Waals surface area contributed by atoms with Crippen LogP contribution in [0.4, 0.5) is 0 Å². The van der Waals surface area contributed by atoms with E-state index in [-0.39, 0.29) is 17.9 Å². The van der Waals surface area contributed by atoms with Crippen LogP contribution in [0, 0.1) is 0 Å². The van der Waals surface area contributed by atoms with Gasteiger partial charge in [-0.05, 0) is 54.0 Å². The van der Waals surface area contributed by atoms with E-state index in [0.717, 1.165) is 21.9 Å². The summed E-state index contributed by atoms with van der Waals surface area (Å²) in [6.07, 6.45) is 1.77. The quantitative estimate of drug-likeness (QED) is 0.462. The van der Waals surface area contributed by atoms with Gasteiger partial charge in [0.15, 0.2) is 4.80 Å². The van der Waals surface area contributed by atoms with Crippen LogP contribution in [0.1, 0.15) is 31.0 Å². The largest absolute Gasteiger partial charge is 0.508 e. The molecular weight excluding hydrogens is 448 g/mol. The zero-order chi connectivity index (χ0) is 23.8. The molecule has 6 nitrogen and oxygen atoms in total. The highest BCUT2D eigenvalue weighted by Crippen LogP contribution is 2.34. The van der Waals surface area contributed by atoms with Gasteiger partial charge < -0.3 is 9.84 Å². The molecule has 1 aliphatic heterocycles. The van der Waals surface area contributed by atoms with Crippen LogP contribution < -0.4 is 14.9 Å². The van der Waals surface area contributed by atoms with Gasteiger partial charge >= 0.3 is 5.97 Å². The van der Waals surface area contributed by atoms with E-state index in [4.69, 9.17) is 4.74 Å². The van der Waals surface area contributed by atoms with Crippen LogP contribution in [0.2, 0.25) is 0 Å². The molecule has 170 valence electrons. The molecule has 3 aromatic carbocycles. The summed E-state index contributed by atoms with van der Waals surface area (Å²) in [5, 5.41) is 11.5. The van der Waals surface area contributed by atoms with Crippen molar-refractivity contribution >= 4 is 34.2 Å². The first kappa shape index (κ1) is 21.9. The number of thiazole rings is 1. The molecule has 0 spiro atoms. The average molecular weight is 471 g/mol. The van der Waals surface area contributed by atoms with Gasteiger partial charge in [-0.25, -0.2) is 9.79 Å². The number of rotatable bonds is 4. The highest BCUT2D eigenvalue weighted by atomic mass is 32.1. The minimum absolute atomic E-state index is 0.157. The first-order valence-corrected chi connectivity index (χ1v) is 11.8. The molecule has 4 aromatic rings. The second kappa shape index (κ2) is 8.76. The third kappa shape index (κ3) is 3.74. The van der Waals surface area contributed by atoms with Crippen molar-refractivity contribution in [3.63, 3.8) is 0 Å². The van der Waals surface area contributed by atoms with Crippen LogP contribution >= 0.6 is 11.3 Å². The molecule has 0 radical (unpaired) electrons. The monoisotopic (exact) mass is 470 g/mol. The zero-order valence-electron chi connectivity index (χ0n) is 18.7. The predicted octanol–water partition coefficient (Wildman–Crippen LogP) is 3.66. The number of phenols is 1. The highest BCUT2D eigenvalue weighted by molar-refractivity contribution is 7.07. The lowest BCUT2D eigenvalue weighted by molar-refractivity contribution is -0.139. The number of carbonyl (C=O) groups excluding carboxylic acids is 1. The maximum absolute atomic E-state index is 13.7. The van der Waals surface area contributed by atoms with Crippen molar-refractivity contribution < 1.29 is 14.6 Å². The van der Waals surface area contributed by atoms with E-state index in [1.807, 2.05) is 42.5 Å². The Labute approximate surface area is 199 Å². The van der Waals surface area contributed by atoms with E-state index in [2.05, 4.69) is 4.99 Å². The van der Waals surface area contributed by atoms with Gasteiger partial charge in [0.05, 0.1) is 28.5 Å². The van der Waals surface area contributed by atoms with Crippen LogP contribution in [-0.2, 0) is 9.53 Å². The summed E-state index contributed by atoms with van der Waals surface area (Å²) in [5.74, 6) is -0.321. The van der Waals surface area contributed by atoms with Gasteiger partial charge in [0.25, 0.3) is 5.56 Å². The standard InChI is InChI=1S/C27H22N2O4S/c1-3-33-26(32)23-16(2)28-27-29(24(23)21-10-6-8-18-7-4-5-9-20(18)21)25(31)22(34-27)15-17-11-13-19(30)14-12-17/h4-15,24,30H,3H2,1-2H3/b22-15+/t24-/m1/s1. The molecule has 34 heavy (non-hydrogen) atoms. The number of aromatic nitrogens is 1. The molecule has 1 atom stereocenters. The fraction of sp³-hybridized carbons (Fsp3) is 0.148. The lowest BCUT2D eigenvalue weighted by Gasteiger charge is -2.25. The minimum atomic E-state index is -0.664. The van der Waals surface area contributed by atoms with Gasteiger partial charge in [0.2, 0.25) is 0 Å². The summed E-state index contributed by atoms with van der Waals surface area (Å²) >= 11 is 1.28. The number of carbonyl (C=O) groups is 1. The van der Waals surface area contributed by atoms with Gasteiger partial charge in [-0.1, -0.05) is 65.9 Å². The molecule has 0 aliphatic carbocycles. The summed E-state index contributed by atoms with van der Waals surface area (Å²) in [6, 6.07) is 19.8. The fourth-order valence-electron chi connectivity index (χ4n) is 4.30. The van der Waals surface area contributed by atoms with Gasteiger partial charge in [-0.3, -0.25) is 9.36 Å². The number of esters is 1. The molecule has 0 bridgehead atoms. The average Bonchev–Trinajstić information content (AvgIpc) is 3.13. The first-order valence-electron chi connectivity index (χ1n) is 10.9. The summed E-state index contributed by atoms with van der Waals surface area (Å²) < 4.78 is 7.47. The number of phenolic OH excluding ortho intramolecular Hbond substituents is 1. The number of nitrogens with zero attached hydrogens (tertiary/aromatic N) is 2. The normalized spacial score (nSPS) is 15.8. The zero-order valence-corrected chi connectivity index (χ0v) is 19.5. The van der Waals surface area contributed by atoms with Crippen molar-refractivity contribution in [1.29, 1.82) is 0 Å². The number of benzene rings is 3. The SMILES string of the molecule is CCOC(=O)C1=C(C)N=c2s/c(=C/c3ccc(O)cc3)c(=O)n2[C@@H]1c1cccc2ccccc12.